The van der Waals surface area contributed by atoms with Crippen molar-refractivity contribution < 1.29 is 9.18 Å². The van der Waals surface area contributed by atoms with Crippen molar-refractivity contribution in [2.75, 3.05) is 44.2 Å². The zero-order valence-corrected chi connectivity index (χ0v) is 14.7. The van der Waals surface area contributed by atoms with E-state index in [-0.39, 0.29) is 10.9 Å². The molecule has 4 nitrogen and oxygen atoms in total. The average Bonchev–Trinajstić information content (AvgIpc) is 2.63. The summed E-state index contributed by atoms with van der Waals surface area (Å²) in [6.07, 6.45) is 0. The molecule has 1 fully saturated rings. The van der Waals surface area contributed by atoms with E-state index in [9.17, 15) is 9.18 Å². The van der Waals surface area contributed by atoms with Crippen LogP contribution in [0.4, 0.5) is 10.1 Å². The maximum Gasteiger partial charge on any atom is 0.252 e. The number of nitrogens with zero attached hydrogens (tertiary/aromatic N) is 2. The Kier molecular flexibility index (Phi) is 5.89. The van der Waals surface area contributed by atoms with Crippen LogP contribution in [0.2, 0.25) is 5.02 Å². The number of nitrogens with one attached hydrogen (secondary N) is 1. The second-order valence-electron chi connectivity index (χ2n) is 6.04. The number of carbonyl (C=O) groups is 1. The fourth-order valence-electron chi connectivity index (χ4n) is 2.96. The van der Waals surface area contributed by atoms with Crippen LogP contribution >= 0.6 is 11.6 Å². The molecule has 1 heterocycles. The molecule has 1 aliphatic heterocycles. The first-order chi connectivity index (χ1) is 12.1. The largest absolute Gasteiger partial charge is 0.369 e. The van der Waals surface area contributed by atoms with E-state index in [0.29, 0.717) is 12.1 Å². The van der Waals surface area contributed by atoms with E-state index in [1.807, 2.05) is 6.07 Å². The van der Waals surface area contributed by atoms with Gasteiger partial charge < -0.3 is 10.2 Å². The summed E-state index contributed by atoms with van der Waals surface area (Å²) in [5.41, 5.74) is 1.55. The molecule has 1 saturated heterocycles. The standard InChI is InChI=1S/C19H21ClFN3O/c20-18-14-15(21)6-7-17(18)19(25)22-8-9-23-10-12-24(13-11-23)16-4-2-1-3-5-16/h1-7,14H,8-13H2,(H,22,25). The molecule has 0 atom stereocenters. The molecule has 2 aromatic carbocycles. The summed E-state index contributed by atoms with van der Waals surface area (Å²) < 4.78 is 13.0. The van der Waals surface area contributed by atoms with E-state index in [1.54, 1.807) is 0 Å². The van der Waals surface area contributed by atoms with E-state index in [1.165, 1.54) is 17.8 Å². The third kappa shape index (κ3) is 4.71. The topological polar surface area (TPSA) is 35.6 Å². The molecule has 6 heteroatoms. The maximum absolute atomic E-state index is 13.0. The van der Waals surface area contributed by atoms with Gasteiger partial charge in [-0.2, -0.15) is 0 Å². The number of hydrogen-bond donors (Lipinski definition) is 1. The van der Waals surface area contributed by atoms with Crippen molar-refractivity contribution in [3.63, 3.8) is 0 Å². The summed E-state index contributed by atoms with van der Waals surface area (Å²) in [6, 6.07) is 14.2. The molecule has 132 valence electrons. The number of anilines is 1. The first-order valence-electron chi connectivity index (χ1n) is 8.39. The number of halogens is 2. The molecule has 0 unspecified atom stereocenters. The SMILES string of the molecule is O=C(NCCN1CCN(c2ccccc2)CC1)c1ccc(F)cc1Cl. The van der Waals surface area contributed by atoms with Gasteiger partial charge >= 0.3 is 0 Å². The zero-order valence-electron chi connectivity index (χ0n) is 13.9. The van der Waals surface area contributed by atoms with Gasteiger partial charge in [0, 0.05) is 45.0 Å². The lowest BCUT2D eigenvalue weighted by Crippen LogP contribution is -2.48. The van der Waals surface area contributed by atoms with Crippen LogP contribution in [0.15, 0.2) is 48.5 Å². The highest BCUT2D eigenvalue weighted by atomic mass is 35.5. The quantitative estimate of drug-likeness (QED) is 0.889. The maximum atomic E-state index is 13.0. The number of amides is 1. The molecule has 0 aromatic heterocycles. The molecule has 2 aromatic rings. The van der Waals surface area contributed by atoms with Crippen LogP contribution in [0.25, 0.3) is 0 Å². The second kappa shape index (κ2) is 8.32. The van der Waals surface area contributed by atoms with Crippen LogP contribution in [0.5, 0.6) is 0 Å². The van der Waals surface area contributed by atoms with Crippen LogP contribution in [-0.4, -0.2) is 50.1 Å². The summed E-state index contributed by atoms with van der Waals surface area (Å²) >= 11 is 5.91. The Labute approximate surface area is 152 Å². The van der Waals surface area contributed by atoms with Gasteiger partial charge in [-0.1, -0.05) is 29.8 Å². The van der Waals surface area contributed by atoms with Crippen LogP contribution in [0, 0.1) is 5.82 Å². The number of para-hydroxylation sites is 1. The van der Waals surface area contributed by atoms with Crippen molar-refractivity contribution in [1.29, 1.82) is 0 Å². The molecule has 3 rings (SSSR count). The number of hydrogen-bond acceptors (Lipinski definition) is 3. The number of benzene rings is 2. The number of piperazine rings is 1. The minimum atomic E-state index is -0.446. The Morgan fingerprint density at radius 3 is 2.48 bits per heavy atom. The van der Waals surface area contributed by atoms with E-state index in [0.717, 1.165) is 38.8 Å². The lowest BCUT2D eigenvalue weighted by molar-refractivity contribution is 0.0948. The summed E-state index contributed by atoms with van der Waals surface area (Å²) in [6.45, 7) is 5.19. The molecule has 0 spiro atoms. The third-order valence-corrected chi connectivity index (χ3v) is 4.70. The van der Waals surface area contributed by atoms with Gasteiger partial charge in [-0.05, 0) is 30.3 Å². The molecule has 25 heavy (non-hydrogen) atoms. The predicted molar refractivity (Wildman–Crippen MR) is 98.8 cm³/mol. The van der Waals surface area contributed by atoms with Gasteiger partial charge in [0.05, 0.1) is 10.6 Å². The molecule has 0 aliphatic carbocycles. The lowest BCUT2D eigenvalue weighted by Gasteiger charge is -2.36. The summed E-state index contributed by atoms with van der Waals surface area (Å²) in [7, 11) is 0. The van der Waals surface area contributed by atoms with Crippen LogP contribution in [0.1, 0.15) is 10.4 Å². The molecule has 1 amide bonds. The smallest absolute Gasteiger partial charge is 0.252 e. The Balaban J connectivity index is 1.42. The monoisotopic (exact) mass is 361 g/mol. The van der Waals surface area contributed by atoms with Gasteiger partial charge in [-0.15, -0.1) is 0 Å². The van der Waals surface area contributed by atoms with Gasteiger partial charge in [0.2, 0.25) is 0 Å². The highest BCUT2D eigenvalue weighted by molar-refractivity contribution is 6.33. The number of rotatable bonds is 5. The third-order valence-electron chi connectivity index (χ3n) is 4.38. The highest BCUT2D eigenvalue weighted by Crippen LogP contribution is 2.17. The Morgan fingerprint density at radius 2 is 1.80 bits per heavy atom. The molecule has 0 bridgehead atoms. The molecule has 1 aliphatic rings. The summed E-state index contributed by atoms with van der Waals surface area (Å²) in [5, 5.41) is 2.98. The van der Waals surface area contributed by atoms with Crippen LogP contribution in [0.3, 0.4) is 0 Å². The van der Waals surface area contributed by atoms with E-state index in [2.05, 4.69) is 39.4 Å². The molecule has 0 radical (unpaired) electrons. The van der Waals surface area contributed by atoms with Crippen molar-refractivity contribution >= 4 is 23.2 Å². The minimum absolute atomic E-state index is 0.133. The normalized spacial score (nSPS) is 15.2. The van der Waals surface area contributed by atoms with Crippen molar-refractivity contribution in [2.45, 2.75) is 0 Å². The van der Waals surface area contributed by atoms with Crippen LogP contribution in [-0.2, 0) is 0 Å². The van der Waals surface area contributed by atoms with Crippen LogP contribution < -0.4 is 10.2 Å². The Hall–Kier alpha value is -2.11. The zero-order chi connectivity index (χ0) is 17.6. The molecule has 0 saturated carbocycles. The molecular weight excluding hydrogens is 341 g/mol. The summed E-state index contributed by atoms with van der Waals surface area (Å²) in [4.78, 5) is 16.8. The fourth-order valence-corrected chi connectivity index (χ4v) is 3.22. The van der Waals surface area contributed by atoms with Gasteiger partial charge in [0.15, 0.2) is 0 Å². The van der Waals surface area contributed by atoms with Crippen molar-refractivity contribution in [3.05, 3.63) is 64.9 Å². The van der Waals surface area contributed by atoms with Crippen molar-refractivity contribution in [1.82, 2.24) is 10.2 Å². The second-order valence-corrected chi connectivity index (χ2v) is 6.45. The van der Waals surface area contributed by atoms with E-state index < -0.39 is 5.82 Å². The van der Waals surface area contributed by atoms with Gasteiger partial charge in [-0.25, -0.2) is 4.39 Å². The predicted octanol–water partition coefficient (Wildman–Crippen LogP) is 3.03. The summed E-state index contributed by atoms with van der Waals surface area (Å²) in [5.74, 6) is -0.717. The highest BCUT2D eigenvalue weighted by Gasteiger charge is 2.17. The van der Waals surface area contributed by atoms with Crippen molar-refractivity contribution in [3.8, 4) is 0 Å². The Morgan fingerprint density at radius 1 is 1.08 bits per heavy atom. The van der Waals surface area contributed by atoms with E-state index in [4.69, 9.17) is 11.6 Å². The molecule has 1 N–H and O–H groups in total. The molecular formula is C19H21ClFN3O. The average molecular weight is 362 g/mol. The minimum Gasteiger partial charge on any atom is -0.369 e. The first kappa shape index (κ1) is 17.7. The lowest BCUT2D eigenvalue weighted by atomic mass is 10.2. The number of carbonyl (C=O) groups excluding carboxylic acids is 1. The first-order valence-corrected chi connectivity index (χ1v) is 8.77. The van der Waals surface area contributed by atoms with Gasteiger partial charge in [0.25, 0.3) is 5.91 Å². The van der Waals surface area contributed by atoms with Crippen molar-refractivity contribution in [2.24, 2.45) is 0 Å². The van der Waals surface area contributed by atoms with Gasteiger partial charge in [0.1, 0.15) is 5.82 Å². The fraction of sp³-hybridized carbons (Fsp3) is 0.316. The van der Waals surface area contributed by atoms with Gasteiger partial charge in [-0.3, -0.25) is 9.69 Å². The van der Waals surface area contributed by atoms with E-state index >= 15 is 0 Å². The Bertz CT molecular complexity index is 718.